The minimum atomic E-state index is -3.65. The second kappa shape index (κ2) is 19.9. The number of primary amides is 1. The highest BCUT2D eigenvalue weighted by Gasteiger charge is 2.42. The molecule has 0 bridgehead atoms. The number of aromatic nitrogens is 2. The topological polar surface area (TPSA) is 206 Å². The van der Waals surface area contributed by atoms with Gasteiger partial charge in [-0.3, -0.25) is 19.0 Å². The minimum absolute atomic E-state index is 0.0538. The number of nitrogens with zero attached hydrogens (tertiary/aromatic N) is 3. The normalized spacial score (nSPS) is 18.4. The molecule has 3 atom stereocenters. The fourth-order valence-corrected chi connectivity index (χ4v) is 6.40. The summed E-state index contributed by atoms with van der Waals surface area (Å²) in [6, 6.07) is 5.40. The van der Waals surface area contributed by atoms with Crippen molar-refractivity contribution in [3.05, 3.63) is 45.3 Å². The van der Waals surface area contributed by atoms with Crippen molar-refractivity contribution in [2.75, 3.05) is 27.2 Å². The molecule has 15 nitrogen and oxygen atoms in total. The van der Waals surface area contributed by atoms with E-state index in [0.717, 1.165) is 39.1 Å². The molecule has 0 radical (unpaired) electrons. The summed E-state index contributed by atoms with van der Waals surface area (Å²) in [7, 11) is -0.856. The molecular weight excluding hydrogens is 758 g/mol. The fourth-order valence-electron chi connectivity index (χ4n) is 5.36. The molecule has 17 heteroatoms. The lowest BCUT2D eigenvalue weighted by Gasteiger charge is -2.23. The average molecular weight is 815 g/mol. The maximum absolute atomic E-state index is 11.9. The van der Waals surface area contributed by atoms with Crippen LogP contribution in [-0.2, 0) is 29.3 Å². The second-order valence-corrected chi connectivity index (χ2v) is 17.0. The highest BCUT2D eigenvalue weighted by molar-refractivity contribution is 9.10. The SMILES string of the molecule is CC(C)(C)OC(=O)NCC(=O)N1CCCC1C(N)=O.CC(C)n1c(=O)[nH]c2c(Br)cccc21.CCCCC/C=C\C1CC1C(=O)NS(=O)(=O)N(C)C. The van der Waals surface area contributed by atoms with Gasteiger partial charge in [0.25, 0.3) is 0 Å². The molecule has 1 saturated carbocycles. The third kappa shape index (κ3) is 14.0. The standard InChI is InChI=1S/C13H24N2O3S.C12H21N3O4.C10H11BrN2O/c1-4-5-6-7-8-9-11-10-12(11)13(16)14-19(17,18)15(2)3;1-12(2,3)19-11(18)14-7-9(16)15-6-4-5-8(15)10(13)17;1-6(2)13-8-5-3-4-7(11)9(8)12-10(13)14/h8-9,11-12H,4-7,10H2,1-3H3,(H,14,16);8H,4-7H2,1-3H3,(H2,13,17)(H,14,18);3-6H,1-2H3,(H,12,14)/b9-8-;;. The highest BCUT2D eigenvalue weighted by atomic mass is 79.9. The third-order valence-electron chi connectivity index (χ3n) is 8.15. The number of nitrogens with one attached hydrogen (secondary N) is 3. The molecule has 3 unspecified atom stereocenters. The summed E-state index contributed by atoms with van der Waals surface area (Å²) in [5, 5.41) is 2.37. The van der Waals surface area contributed by atoms with E-state index in [2.05, 4.69) is 44.0 Å². The van der Waals surface area contributed by atoms with E-state index in [1.165, 1.54) is 38.3 Å². The summed E-state index contributed by atoms with van der Waals surface area (Å²) in [6.45, 7) is 11.6. The molecule has 1 aromatic carbocycles. The maximum atomic E-state index is 11.9. The smallest absolute Gasteiger partial charge is 0.408 e. The van der Waals surface area contributed by atoms with Crippen LogP contribution in [0.15, 0.2) is 39.6 Å². The molecule has 1 aliphatic carbocycles. The Morgan fingerprint density at radius 1 is 1.17 bits per heavy atom. The third-order valence-corrected chi connectivity index (χ3v) is 10.2. The number of benzene rings is 1. The Morgan fingerprint density at radius 3 is 2.42 bits per heavy atom. The molecule has 5 N–H and O–H groups in total. The maximum Gasteiger partial charge on any atom is 0.408 e. The molecule has 1 aromatic heterocycles. The van der Waals surface area contributed by atoms with Gasteiger partial charge in [-0.05, 0) is 101 Å². The lowest BCUT2D eigenvalue weighted by atomic mass is 10.2. The van der Waals surface area contributed by atoms with Crippen molar-refractivity contribution in [2.24, 2.45) is 17.6 Å². The van der Waals surface area contributed by atoms with Crippen LogP contribution in [0.1, 0.15) is 92.5 Å². The number of allylic oxidation sites excluding steroid dienone is 2. The Kier molecular flexibility index (Phi) is 17.1. The van der Waals surface area contributed by atoms with Crippen LogP contribution >= 0.6 is 15.9 Å². The average Bonchev–Trinajstić information content (AvgIpc) is 3.47. The molecule has 2 fully saturated rings. The van der Waals surface area contributed by atoms with Crippen LogP contribution in [0.2, 0.25) is 0 Å². The summed E-state index contributed by atoms with van der Waals surface area (Å²) >= 11 is 3.41. The van der Waals surface area contributed by atoms with Crippen molar-refractivity contribution >= 4 is 61.0 Å². The quantitative estimate of drug-likeness (QED) is 0.179. The number of halogens is 1. The number of aromatic amines is 1. The number of carbonyl (C=O) groups excluding carboxylic acids is 4. The van der Waals surface area contributed by atoms with E-state index >= 15 is 0 Å². The van der Waals surface area contributed by atoms with Gasteiger partial charge in [-0.25, -0.2) is 14.3 Å². The van der Waals surface area contributed by atoms with Crippen LogP contribution in [0.25, 0.3) is 11.0 Å². The molecule has 2 heterocycles. The van der Waals surface area contributed by atoms with E-state index in [-0.39, 0.29) is 36.0 Å². The van der Waals surface area contributed by atoms with Gasteiger partial charge in [-0.1, -0.05) is 38.0 Å². The Labute approximate surface area is 315 Å². The Morgan fingerprint density at radius 2 is 1.85 bits per heavy atom. The van der Waals surface area contributed by atoms with Crippen LogP contribution < -0.4 is 21.5 Å². The molecule has 52 heavy (non-hydrogen) atoms. The first-order chi connectivity index (χ1) is 24.2. The molecule has 1 aliphatic heterocycles. The monoisotopic (exact) mass is 813 g/mol. The molecular formula is C35H56BrN7O8S. The largest absolute Gasteiger partial charge is 0.444 e. The summed E-state index contributed by atoms with van der Waals surface area (Å²) in [5.74, 6) is -1.21. The lowest BCUT2D eigenvalue weighted by molar-refractivity contribution is -0.136. The molecule has 4 rings (SSSR count). The van der Waals surface area contributed by atoms with E-state index in [1.807, 2.05) is 38.1 Å². The number of imidazole rings is 1. The van der Waals surface area contributed by atoms with E-state index in [0.29, 0.717) is 13.0 Å². The molecule has 1 saturated heterocycles. The van der Waals surface area contributed by atoms with E-state index in [4.69, 9.17) is 10.5 Å². The zero-order valence-corrected chi connectivity index (χ0v) is 33.9. The van der Waals surface area contributed by atoms with E-state index in [1.54, 1.807) is 25.3 Å². The van der Waals surface area contributed by atoms with Crippen molar-refractivity contribution in [1.82, 2.24) is 28.8 Å². The Hall–Kier alpha value is -3.70. The van der Waals surface area contributed by atoms with Crippen LogP contribution in [0.5, 0.6) is 0 Å². The predicted octanol–water partition coefficient (Wildman–Crippen LogP) is 4.34. The fraction of sp³-hybridized carbons (Fsp3) is 0.629. The van der Waals surface area contributed by atoms with E-state index < -0.39 is 39.8 Å². The van der Waals surface area contributed by atoms with Crippen molar-refractivity contribution in [3.63, 3.8) is 0 Å². The number of likely N-dealkylation sites (tertiary alicyclic amines) is 1. The number of ether oxygens (including phenoxy) is 1. The number of H-pyrrole nitrogens is 1. The summed E-state index contributed by atoms with van der Waals surface area (Å²) in [5.41, 5.74) is 6.36. The summed E-state index contributed by atoms with van der Waals surface area (Å²) in [4.78, 5) is 62.0. The number of unbranched alkanes of at least 4 members (excludes halogenated alkanes) is 3. The lowest BCUT2D eigenvalue weighted by Crippen LogP contribution is -2.48. The van der Waals surface area contributed by atoms with Crippen LogP contribution in [0, 0.1) is 11.8 Å². The second-order valence-electron chi connectivity index (χ2n) is 14.2. The molecule has 0 spiro atoms. The highest BCUT2D eigenvalue weighted by Crippen LogP contribution is 2.40. The van der Waals surface area contributed by atoms with Gasteiger partial charge >= 0.3 is 22.0 Å². The zero-order chi connectivity index (χ0) is 39.4. The number of hydrogen-bond acceptors (Lipinski definition) is 8. The van der Waals surface area contributed by atoms with Crippen LogP contribution in [0.4, 0.5) is 4.79 Å². The van der Waals surface area contributed by atoms with Crippen molar-refractivity contribution in [2.45, 2.75) is 104 Å². The van der Waals surface area contributed by atoms with Crippen molar-refractivity contribution in [1.29, 1.82) is 0 Å². The molecule has 2 aliphatic rings. The van der Waals surface area contributed by atoms with Gasteiger partial charge in [0, 0.05) is 37.1 Å². The van der Waals surface area contributed by atoms with Gasteiger partial charge in [-0.15, -0.1) is 0 Å². The van der Waals surface area contributed by atoms with Gasteiger partial charge in [0.2, 0.25) is 17.7 Å². The van der Waals surface area contributed by atoms with Crippen molar-refractivity contribution in [3.8, 4) is 0 Å². The Bertz CT molecular complexity index is 1730. The number of carbonyl (C=O) groups is 4. The molecule has 4 amide bonds. The van der Waals surface area contributed by atoms with Gasteiger partial charge in [0.05, 0.1) is 11.0 Å². The first-order valence-corrected chi connectivity index (χ1v) is 19.8. The first kappa shape index (κ1) is 44.5. The molecule has 292 valence electrons. The number of rotatable bonds is 12. The van der Waals surface area contributed by atoms with E-state index in [9.17, 15) is 32.4 Å². The van der Waals surface area contributed by atoms with Crippen LogP contribution in [0.3, 0.4) is 0 Å². The number of nitrogens with two attached hydrogens (primary N) is 1. The summed E-state index contributed by atoms with van der Waals surface area (Å²) < 4.78 is 33.7. The van der Waals surface area contributed by atoms with Gasteiger partial charge in [0.1, 0.15) is 18.2 Å². The predicted molar refractivity (Wildman–Crippen MR) is 204 cm³/mol. The van der Waals surface area contributed by atoms with Gasteiger partial charge < -0.3 is 25.7 Å². The van der Waals surface area contributed by atoms with Crippen molar-refractivity contribution < 1.29 is 32.3 Å². The summed E-state index contributed by atoms with van der Waals surface area (Å²) in [6.07, 6.45) is 10.2. The zero-order valence-electron chi connectivity index (χ0n) is 31.5. The number of hydrogen-bond donors (Lipinski definition) is 4. The number of fused-ring (bicyclic) bond motifs is 1. The van der Waals surface area contributed by atoms with Crippen LogP contribution in [-0.4, -0.2) is 89.8 Å². The number of alkyl carbamates (subject to hydrolysis) is 1. The first-order valence-electron chi connectivity index (χ1n) is 17.5. The van der Waals surface area contributed by atoms with Gasteiger partial charge in [0.15, 0.2) is 0 Å². The number of para-hydroxylation sites is 1. The van der Waals surface area contributed by atoms with Gasteiger partial charge in [-0.2, -0.15) is 12.7 Å². The minimum Gasteiger partial charge on any atom is -0.444 e. The molecule has 2 aromatic rings. The Balaban J connectivity index is 0.000000273. The number of amides is 4.